The Morgan fingerprint density at radius 1 is 1.47 bits per heavy atom. The normalized spacial score (nSPS) is 17.4. The van der Waals surface area contributed by atoms with Gasteiger partial charge in [0, 0.05) is 32.6 Å². The predicted molar refractivity (Wildman–Crippen MR) is 76.2 cm³/mol. The maximum Gasteiger partial charge on any atom is 0.217 e. The molecule has 104 valence electrons. The number of hydrogen-bond donors (Lipinski definition) is 1. The number of likely N-dealkylation sites (tertiary alicyclic amines) is 1. The van der Waals surface area contributed by atoms with E-state index in [1.807, 2.05) is 6.07 Å². The summed E-state index contributed by atoms with van der Waals surface area (Å²) in [5.74, 6) is -0.183. The Morgan fingerprint density at radius 2 is 2.16 bits per heavy atom. The Hall–Kier alpha value is -0.940. The zero-order valence-electron chi connectivity index (χ0n) is 11.0. The molecule has 1 aliphatic rings. The molecular weight excluding hydrogens is 311 g/mol. The predicted octanol–water partition coefficient (Wildman–Crippen LogP) is 2.69. The Kier molecular flexibility index (Phi) is 4.93. The third-order valence-corrected chi connectivity index (χ3v) is 4.31. The number of carbonyl (C=O) groups excluding carboxylic acids is 1. The molecule has 0 atom stereocenters. The zero-order chi connectivity index (χ0) is 13.8. The van der Waals surface area contributed by atoms with Crippen molar-refractivity contribution in [2.24, 2.45) is 0 Å². The van der Waals surface area contributed by atoms with Gasteiger partial charge in [0.15, 0.2) is 0 Å². The Balaban J connectivity index is 1.89. The second-order valence-electron chi connectivity index (χ2n) is 4.96. The third-order valence-electron chi connectivity index (χ3n) is 3.42. The molecule has 2 rings (SSSR count). The van der Waals surface area contributed by atoms with E-state index in [4.69, 9.17) is 0 Å². The number of halogens is 2. The molecule has 1 aromatic carbocycles. The topological polar surface area (TPSA) is 32.3 Å². The molecule has 0 saturated carbocycles. The molecule has 0 spiro atoms. The van der Waals surface area contributed by atoms with Crippen LogP contribution in [0.1, 0.15) is 25.3 Å². The minimum atomic E-state index is -0.217. The summed E-state index contributed by atoms with van der Waals surface area (Å²) < 4.78 is 14.0. The highest BCUT2D eigenvalue weighted by atomic mass is 79.9. The van der Waals surface area contributed by atoms with E-state index in [9.17, 15) is 9.18 Å². The molecule has 1 saturated heterocycles. The van der Waals surface area contributed by atoms with Crippen molar-refractivity contribution in [3.05, 3.63) is 34.1 Å². The van der Waals surface area contributed by atoms with Gasteiger partial charge in [-0.25, -0.2) is 4.39 Å². The van der Waals surface area contributed by atoms with Gasteiger partial charge in [0.2, 0.25) is 5.91 Å². The fourth-order valence-corrected chi connectivity index (χ4v) is 2.82. The quantitative estimate of drug-likeness (QED) is 0.925. The fourth-order valence-electron chi connectivity index (χ4n) is 2.43. The van der Waals surface area contributed by atoms with Crippen LogP contribution >= 0.6 is 15.9 Å². The van der Waals surface area contributed by atoms with Gasteiger partial charge in [0.05, 0.1) is 4.47 Å². The maximum atomic E-state index is 13.4. The van der Waals surface area contributed by atoms with Crippen LogP contribution in [0.5, 0.6) is 0 Å². The SMILES string of the molecule is CC(=O)NC1CCN(Cc2cccc(F)c2Br)CC1. The summed E-state index contributed by atoms with van der Waals surface area (Å²) in [7, 11) is 0. The highest BCUT2D eigenvalue weighted by Gasteiger charge is 2.20. The molecule has 0 bridgehead atoms. The van der Waals surface area contributed by atoms with Crippen molar-refractivity contribution in [1.29, 1.82) is 0 Å². The van der Waals surface area contributed by atoms with E-state index in [0.717, 1.165) is 38.0 Å². The molecule has 1 fully saturated rings. The molecule has 0 aromatic heterocycles. The lowest BCUT2D eigenvalue weighted by Gasteiger charge is -2.32. The number of rotatable bonds is 3. The summed E-state index contributed by atoms with van der Waals surface area (Å²) in [4.78, 5) is 13.3. The van der Waals surface area contributed by atoms with Gasteiger partial charge in [0.1, 0.15) is 5.82 Å². The molecule has 0 aliphatic carbocycles. The highest BCUT2D eigenvalue weighted by Crippen LogP contribution is 2.23. The zero-order valence-corrected chi connectivity index (χ0v) is 12.5. The van der Waals surface area contributed by atoms with Crippen LogP contribution in [-0.4, -0.2) is 29.9 Å². The molecule has 19 heavy (non-hydrogen) atoms. The first-order valence-electron chi connectivity index (χ1n) is 6.48. The highest BCUT2D eigenvalue weighted by molar-refractivity contribution is 9.10. The molecule has 3 nitrogen and oxygen atoms in total. The van der Waals surface area contributed by atoms with Crippen LogP contribution in [0.4, 0.5) is 4.39 Å². The molecule has 1 amide bonds. The molecule has 1 aliphatic heterocycles. The first kappa shape index (κ1) is 14.5. The Morgan fingerprint density at radius 3 is 2.79 bits per heavy atom. The average molecular weight is 329 g/mol. The number of benzene rings is 1. The second-order valence-corrected chi connectivity index (χ2v) is 5.76. The molecule has 5 heteroatoms. The first-order valence-corrected chi connectivity index (χ1v) is 7.28. The average Bonchev–Trinajstić information content (AvgIpc) is 2.37. The van der Waals surface area contributed by atoms with Crippen LogP contribution < -0.4 is 5.32 Å². The summed E-state index contributed by atoms with van der Waals surface area (Å²) in [5.41, 5.74) is 0.970. The number of carbonyl (C=O) groups is 1. The summed E-state index contributed by atoms with van der Waals surface area (Å²) in [6.07, 6.45) is 1.90. The van der Waals surface area contributed by atoms with E-state index >= 15 is 0 Å². The van der Waals surface area contributed by atoms with Crippen molar-refractivity contribution < 1.29 is 9.18 Å². The van der Waals surface area contributed by atoms with Crippen molar-refractivity contribution in [2.45, 2.75) is 32.4 Å². The molecule has 1 aromatic rings. The summed E-state index contributed by atoms with van der Waals surface area (Å²) >= 11 is 3.29. The molecule has 1 heterocycles. The van der Waals surface area contributed by atoms with Gasteiger partial charge in [-0.05, 0) is 40.4 Å². The minimum absolute atomic E-state index is 0.0336. The monoisotopic (exact) mass is 328 g/mol. The van der Waals surface area contributed by atoms with E-state index in [2.05, 4.69) is 26.1 Å². The van der Waals surface area contributed by atoms with Crippen molar-refractivity contribution in [2.75, 3.05) is 13.1 Å². The van der Waals surface area contributed by atoms with Crippen molar-refractivity contribution in [3.63, 3.8) is 0 Å². The lowest BCUT2D eigenvalue weighted by molar-refractivity contribution is -0.119. The summed E-state index contributed by atoms with van der Waals surface area (Å²) in [6.45, 7) is 4.14. The van der Waals surface area contributed by atoms with Crippen molar-refractivity contribution in [1.82, 2.24) is 10.2 Å². The van der Waals surface area contributed by atoms with Gasteiger partial charge < -0.3 is 5.32 Å². The van der Waals surface area contributed by atoms with Crippen LogP contribution in [0.25, 0.3) is 0 Å². The van der Waals surface area contributed by atoms with Crippen LogP contribution in [0.2, 0.25) is 0 Å². The largest absolute Gasteiger partial charge is 0.354 e. The van der Waals surface area contributed by atoms with E-state index in [-0.39, 0.29) is 17.8 Å². The third kappa shape index (κ3) is 4.01. The minimum Gasteiger partial charge on any atom is -0.354 e. The Labute approximate surface area is 121 Å². The van der Waals surface area contributed by atoms with E-state index in [1.165, 1.54) is 6.07 Å². The van der Waals surface area contributed by atoms with Gasteiger partial charge in [-0.15, -0.1) is 0 Å². The molecule has 0 radical (unpaired) electrons. The van der Waals surface area contributed by atoms with Crippen LogP contribution in [-0.2, 0) is 11.3 Å². The molecule has 0 unspecified atom stereocenters. The van der Waals surface area contributed by atoms with Crippen LogP contribution in [0.3, 0.4) is 0 Å². The maximum absolute atomic E-state index is 13.4. The second kappa shape index (κ2) is 6.48. The number of hydrogen-bond acceptors (Lipinski definition) is 2. The number of nitrogens with one attached hydrogen (secondary N) is 1. The van der Waals surface area contributed by atoms with Gasteiger partial charge in [-0.1, -0.05) is 12.1 Å². The standard InChI is InChI=1S/C14H18BrFN2O/c1-10(19)17-12-5-7-18(8-6-12)9-11-3-2-4-13(16)14(11)15/h2-4,12H,5-9H2,1H3,(H,17,19). The summed E-state index contributed by atoms with van der Waals surface area (Å²) in [6, 6.07) is 5.41. The lowest BCUT2D eigenvalue weighted by atomic mass is 10.0. The first-order chi connectivity index (χ1) is 9.06. The van der Waals surface area contributed by atoms with Crippen LogP contribution in [0.15, 0.2) is 22.7 Å². The van der Waals surface area contributed by atoms with Gasteiger partial charge in [0.25, 0.3) is 0 Å². The molecule has 1 N–H and O–H groups in total. The van der Waals surface area contributed by atoms with Crippen LogP contribution in [0, 0.1) is 5.82 Å². The number of amides is 1. The van der Waals surface area contributed by atoms with Gasteiger partial charge in [-0.2, -0.15) is 0 Å². The fraction of sp³-hybridized carbons (Fsp3) is 0.500. The van der Waals surface area contributed by atoms with E-state index in [0.29, 0.717) is 4.47 Å². The van der Waals surface area contributed by atoms with E-state index in [1.54, 1.807) is 13.0 Å². The Bertz CT molecular complexity index is 459. The van der Waals surface area contributed by atoms with Gasteiger partial charge in [-0.3, -0.25) is 9.69 Å². The molecular formula is C14H18BrFN2O. The number of nitrogens with zero attached hydrogens (tertiary/aromatic N) is 1. The smallest absolute Gasteiger partial charge is 0.217 e. The van der Waals surface area contributed by atoms with Gasteiger partial charge >= 0.3 is 0 Å². The van der Waals surface area contributed by atoms with Crippen molar-refractivity contribution in [3.8, 4) is 0 Å². The summed E-state index contributed by atoms with van der Waals surface area (Å²) in [5, 5.41) is 2.95. The lowest BCUT2D eigenvalue weighted by Crippen LogP contribution is -2.43. The van der Waals surface area contributed by atoms with Crippen molar-refractivity contribution >= 4 is 21.8 Å². The van der Waals surface area contributed by atoms with E-state index < -0.39 is 0 Å². The number of piperidine rings is 1.